The lowest BCUT2D eigenvalue weighted by Gasteiger charge is -2.08. The number of benzene rings is 1. The van der Waals surface area contributed by atoms with Crippen molar-refractivity contribution in [3.05, 3.63) is 51.8 Å². The molecule has 0 unspecified atom stereocenters. The molecule has 0 saturated carbocycles. The fraction of sp³-hybridized carbons (Fsp3) is 0.167. The van der Waals surface area contributed by atoms with Crippen LogP contribution in [-0.4, -0.2) is 16.4 Å². The molecule has 0 spiro atoms. The highest BCUT2D eigenvalue weighted by Gasteiger charge is 2.06. The minimum atomic E-state index is -0.249. The first-order valence-electron chi connectivity index (χ1n) is 5.20. The van der Waals surface area contributed by atoms with Gasteiger partial charge in [-0.3, -0.25) is 4.79 Å². The van der Waals surface area contributed by atoms with E-state index >= 15 is 0 Å². The first-order valence-corrected chi connectivity index (χ1v) is 5.58. The van der Waals surface area contributed by atoms with Gasteiger partial charge < -0.3 is 4.74 Å². The van der Waals surface area contributed by atoms with Crippen LogP contribution in [0.5, 0.6) is 5.88 Å². The van der Waals surface area contributed by atoms with E-state index in [9.17, 15) is 4.79 Å². The van der Waals surface area contributed by atoms with Crippen molar-refractivity contribution >= 4 is 11.6 Å². The van der Waals surface area contributed by atoms with Gasteiger partial charge in [-0.2, -0.15) is 4.68 Å². The Balaban J connectivity index is 2.55. The predicted molar refractivity (Wildman–Crippen MR) is 66.0 cm³/mol. The molecule has 1 heterocycles. The van der Waals surface area contributed by atoms with Crippen LogP contribution in [-0.2, 0) is 0 Å². The molecule has 0 fully saturated rings. The van der Waals surface area contributed by atoms with Gasteiger partial charge in [0.1, 0.15) is 0 Å². The summed E-state index contributed by atoms with van der Waals surface area (Å²) in [5, 5.41) is 4.56. The topological polar surface area (TPSA) is 44.1 Å². The van der Waals surface area contributed by atoms with E-state index in [0.29, 0.717) is 23.2 Å². The summed E-state index contributed by atoms with van der Waals surface area (Å²) >= 11 is 6.02. The minimum Gasteiger partial charge on any atom is -0.477 e. The molecule has 0 atom stereocenters. The Morgan fingerprint density at radius 2 is 2.06 bits per heavy atom. The Morgan fingerprint density at radius 1 is 1.29 bits per heavy atom. The van der Waals surface area contributed by atoms with Crippen LogP contribution in [0, 0.1) is 0 Å². The summed E-state index contributed by atoms with van der Waals surface area (Å²) in [6, 6.07) is 9.97. The van der Waals surface area contributed by atoms with Crippen molar-refractivity contribution in [1.82, 2.24) is 9.78 Å². The molecule has 0 bridgehead atoms. The molecule has 0 radical (unpaired) electrons. The maximum absolute atomic E-state index is 11.7. The minimum absolute atomic E-state index is 0.249. The molecule has 0 aliphatic carbocycles. The van der Waals surface area contributed by atoms with Crippen molar-refractivity contribution in [2.45, 2.75) is 6.92 Å². The second kappa shape index (κ2) is 5.01. The fourth-order valence-corrected chi connectivity index (χ4v) is 1.63. The molecule has 0 amide bonds. The van der Waals surface area contributed by atoms with Gasteiger partial charge in [0.05, 0.1) is 17.3 Å². The van der Waals surface area contributed by atoms with Crippen molar-refractivity contribution in [1.29, 1.82) is 0 Å². The zero-order valence-corrected chi connectivity index (χ0v) is 10.0. The summed E-state index contributed by atoms with van der Waals surface area (Å²) in [6.45, 7) is 2.35. The number of ether oxygens (including phenoxy) is 1. The van der Waals surface area contributed by atoms with E-state index in [4.69, 9.17) is 16.3 Å². The van der Waals surface area contributed by atoms with Crippen molar-refractivity contribution < 1.29 is 4.74 Å². The molecule has 2 aromatic rings. The van der Waals surface area contributed by atoms with Gasteiger partial charge in [-0.15, -0.1) is 5.10 Å². The SMILES string of the molecule is CCOc1ccc(=O)n(-c2ccccc2Cl)n1. The van der Waals surface area contributed by atoms with Crippen LogP contribution in [0.15, 0.2) is 41.2 Å². The molecule has 2 rings (SSSR count). The fourth-order valence-electron chi connectivity index (χ4n) is 1.42. The van der Waals surface area contributed by atoms with E-state index < -0.39 is 0 Å². The monoisotopic (exact) mass is 250 g/mol. The van der Waals surface area contributed by atoms with Crippen molar-refractivity contribution in [2.75, 3.05) is 6.61 Å². The summed E-state index contributed by atoms with van der Waals surface area (Å²) in [5.74, 6) is 0.395. The molecule has 1 aromatic carbocycles. The summed E-state index contributed by atoms with van der Waals surface area (Å²) in [4.78, 5) is 11.7. The van der Waals surface area contributed by atoms with Gasteiger partial charge in [-0.05, 0) is 19.1 Å². The largest absolute Gasteiger partial charge is 0.477 e. The summed E-state index contributed by atoms with van der Waals surface area (Å²) in [7, 11) is 0. The zero-order chi connectivity index (χ0) is 12.3. The third-order valence-electron chi connectivity index (χ3n) is 2.15. The average molecular weight is 251 g/mol. The molecule has 17 heavy (non-hydrogen) atoms. The number of rotatable bonds is 3. The highest BCUT2D eigenvalue weighted by atomic mass is 35.5. The third-order valence-corrected chi connectivity index (χ3v) is 2.47. The Morgan fingerprint density at radius 3 is 2.76 bits per heavy atom. The second-order valence-electron chi connectivity index (χ2n) is 3.31. The van der Waals surface area contributed by atoms with Gasteiger partial charge in [0, 0.05) is 12.1 Å². The molecule has 0 saturated heterocycles. The van der Waals surface area contributed by atoms with E-state index in [2.05, 4.69) is 5.10 Å². The van der Waals surface area contributed by atoms with Gasteiger partial charge in [-0.1, -0.05) is 23.7 Å². The number of aromatic nitrogens is 2. The third kappa shape index (κ3) is 2.47. The highest BCUT2D eigenvalue weighted by molar-refractivity contribution is 6.32. The molecule has 0 aliphatic rings. The lowest BCUT2D eigenvalue weighted by Crippen LogP contribution is -2.20. The first kappa shape index (κ1) is 11.7. The van der Waals surface area contributed by atoms with Gasteiger partial charge >= 0.3 is 0 Å². The maximum atomic E-state index is 11.7. The van der Waals surface area contributed by atoms with Crippen LogP contribution in [0.1, 0.15) is 6.92 Å². The van der Waals surface area contributed by atoms with Crippen LogP contribution in [0.2, 0.25) is 5.02 Å². The average Bonchev–Trinajstić information content (AvgIpc) is 2.33. The first-order chi connectivity index (χ1) is 8.22. The Labute approximate surface area is 103 Å². The van der Waals surface area contributed by atoms with Crippen LogP contribution >= 0.6 is 11.6 Å². The van der Waals surface area contributed by atoms with Gasteiger partial charge in [0.25, 0.3) is 5.56 Å². The number of hydrogen-bond acceptors (Lipinski definition) is 3. The molecule has 1 aromatic heterocycles. The molecular weight excluding hydrogens is 240 g/mol. The van der Waals surface area contributed by atoms with Crippen molar-refractivity contribution in [2.24, 2.45) is 0 Å². The van der Waals surface area contributed by atoms with Crippen LogP contribution in [0.3, 0.4) is 0 Å². The molecule has 88 valence electrons. The maximum Gasteiger partial charge on any atom is 0.271 e. The van der Waals surface area contributed by atoms with Crippen molar-refractivity contribution in [3.8, 4) is 11.6 Å². The lowest BCUT2D eigenvalue weighted by atomic mass is 10.3. The normalized spacial score (nSPS) is 10.2. The Kier molecular flexibility index (Phi) is 3.44. The highest BCUT2D eigenvalue weighted by Crippen LogP contribution is 2.18. The Bertz CT molecular complexity index is 581. The lowest BCUT2D eigenvalue weighted by molar-refractivity contribution is 0.319. The molecule has 4 nitrogen and oxygen atoms in total. The second-order valence-corrected chi connectivity index (χ2v) is 3.71. The van der Waals surface area contributed by atoms with E-state index in [1.165, 1.54) is 10.7 Å². The molecular formula is C12H11ClN2O2. The number of hydrogen-bond donors (Lipinski definition) is 0. The molecule has 0 aliphatic heterocycles. The predicted octanol–water partition coefficient (Wildman–Crippen LogP) is 2.28. The number of nitrogens with zero attached hydrogens (tertiary/aromatic N) is 2. The van der Waals surface area contributed by atoms with Crippen LogP contribution < -0.4 is 10.3 Å². The van der Waals surface area contributed by atoms with Gasteiger partial charge in [0.15, 0.2) is 0 Å². The summed E-state index contributed by atoms with van der Waals surface area (Å²) < 4.78 is 6.48. The number of halogens is 1. The molecule has 0 N–H and O–H groups in total. The van der Waals surface area contributed by atoms with Crippen LogP contribution in [0.25, 0.3) is 5.69 Å². The van der Waals surface area contributed by atoms with E-state index in [1.807, 2.05) is 6.92 Å². The van der Waals surface area contributed by atoms with Gasteiger partial charge in [-0.25, -0.2) is 0 Å². The summed E-state index contributed by atoms with van der Waals surface area (Å²) in [5.41, 5.74) is 0.294. The summed E-state index contributed by atoms with van der Waals surface area (Å²) in [6.07, 6.45) is 0. The standard InChI is InChI=1S/C12H11ClN2O2/c1-2-17-11-7-8-12(16)15(14-11)10-6-4-3-5-9(10)13/h3-8H,2H2,1H3. The quantitative estimate of drug-likeness (QED) is 0.840. The van der Waals surface area contributed by atoms with Gasteiger partial charge in [0.2, 0.25) is 5.88 Å². The zero-order valence-electron chi connectivity index (χ0n) is 9.26. The number of para-hydroxylation sites is 1. The van der Waals surface area contributed by atoms with Crippen LogP contribution in [0.4, 0.5) is 0 Å². The van der Waals surface area contributed by atoms with E-state index in [0.717, 1.165) is 0 Å². The van der Waals surface area contributed by atoms with E-state index in [-0.39, 0.29) is 5.56 Å². The smallest absolute Gasteiger partial charge is 0.271 e. The van der Waals surface area contributed by atoms with E-state index in [1.54, 1.807) is 30.3 Å². The molecule has 5 heteroatoms. The Hall–Kier alpha value is -1.81. The van der Waals surface area contributed by atoms with Crippen molar-refractivity contribution in [3.63, 3.8) is 0 Å².